The Kier molecular flexibility index (Phi) is 5.53. The molecule has 1 aromatic heterocycles. The Balaban J connectivity index is 1.66. The number of ether oxygens (including phenoxy) is 1. The number of carbonyl (C=O) groups excluding carboxylic acids is 1. The van der Waals surface area contributed by atoms with E-state index in [4.69, 9.17) is 10.00 Å². The number of piperidine rings is 1. The summed E-state index contributed by atoms with van der Waals surface area (Å²) in [5.74, 6) is 1.37. The van der Waals surface area contributed by atoms with E-state index < -0.39 is 0 Å². The first kappa shape index (κ1) is 20.0. The molecule has 2 heterocycles. The third kappa shape index (κ3) is 4.96. The number of nitrogens with zero attached hydrogens (tertiary/aromatic N) is 2. The van der Waals surface area contributed by atoms with E-state index in [2.05, 4.69) is 44.1 Å². The van der Waals surface area contributed by atoms with Gasteiger partial charge in [-0.1, -0.05) is 12.1 Å². The molecule has 2 aromatic rings. The molecule has 0 atom stereocenters. The van der Waals surface area contributed by atoms with E-state index in [1.54, 1.807) is 30.3 Å². The molecule has 1 N–H and O–H groups in total. The number of para-hydroxylation sites is 1. The number of pyridine rings is 1. The summed E-state index contributed by atoms with van der Waals surface area (Å²) in [6, 6.07) is 12.6. The van der Waals surface area contributed by atoms with Crippen LogP contribution in [0, 0.1) is 17.2 Å². The monoisotopic (exact) mass is 377 g/mol. The zero-order valence-corrected chi connectivity index (χ0v) is 17.0. The molecule has 0 radical (unpaired) electrons. The molecule has 0 aliphatic carbocycles. The zero-order chi connectivity index (χ0) is 20.4. The van der Waals surface area contributed by atoms with Gasteiger partial charge in [-0.15, -0.1) is 0 Å². The third-order valence-electron chi connectivity index (χ3n) is 5.01. The first-order chi connectivity index (χ1) is 13.2. The smallest absolute Gasteiger partial charge is 0.181 e. The third-order valence-corrected chi connectivity index (χ3v) is 5.01. The molecular weight excluding hydrogens is 350 g/mol. The molecule has 0 bridgehead atoms. The Labute approximate surface area is 166 Å². The van der Waals surface area contributed by atoms with Gasteiger partial charge < -0.3 is 10.1 Å². The lowest BCUT2D eigenvalue weighted by Gasteiger charge is -2.46. The van der Waals surface area contributed by atoms with Crippen LogP contribution in [-0.2, 0) is 0 Å². The van der Waals surface area contributed by atoms with Crippen molar-refractivity contribution in [3.05, 3.63) is 53.9 Å². The van der Waals surface area contributed by atoms with Crippen molar-refractivity contribution in [2.45, 2.75) is 58.0 Å². The van der Waals surface area contributed by atoms with E-state index in [-0.39, 0.29) is 16.9 Å². The van der Waals surface area contributed by atoms with Gasteiger partial charge in [0.15, 0.2) is 5.78 Å². The maximum atomic E-state index is 12.7. The minimum absolute atomic E-state index is 0.0198. The van der Waals surface area contributed by atoms with Crippen molar-refractivity contribution in [1.82, 2.24) is 10.3 Å². The normalized spacial score (nSPS) is 18.2. The van der Waals surface area contributed by atoms with Gasteiger partial charge in [0.25, 0.3) is 0 Å². The predicted octanol–water partition coefficient (Wildman–Crippen LogP) is 4.88. The number of rotatable bonds is 5. The van der Waals surface area contributed by atoms with Crippen LogP contribution < -0.4 is 10.1 Å². The first-order valence-corrected chi connectivity index (χ1v) is 9.63. The number of benzene rings is 1. The fourth-order valence-corrected chi connectivity index (χ4v) is 4.43. The highest BCUT2D eigenvalue weighted by atomic mass is 16.5. The molecule has 5 nitrogen and oxygen atoms in total. The van der Waals surface area contributed by atoms with Crippen molar-refractivity contribution in [2.75, 3.05) is 0 Å². The minimum atomic E-state index is 0.0198. The standard InChI is InChI=1S/C23H27N3O2/c1-22(2)12-16(13-23(3,4)26-22)11-20(27)19-10-9-18(15-25-19)28-21-8-6-5-7-17(21)14-24/h5-10,15-16,26H,11-13H2,1-4H3. The highest BCUT2D eigenvalue weighted by Gasteiger charge is 2.38. The Hall–Kier alpha value is -2.71. The first-order valence-electron chi connectivity index (χ1n) is 9.63. The van der Waals surface area contributed by atoms with Gasteiger partial charge in [-0.25, -0.2) is 4.98 Å². The van der Waals surface area contributed by atoms with Crippen LogP contribution >= 0.6 is 0 Å². The summed E-state index contributed by atoms with van der Waals surface area (Å²) in [6.45, 7) is 8.76. The topological polar surface area (TPSA) is 75.0 Å². The fraction of sp³-hybridized carbons (Fsp3) is 0.435. The van der Waals surface area contributed by atoms with Crippen LogP contribution in [0.25, 0.3) is 0 Å². The molecule has 146 valence electrons. The fourth-order valence-electron chi connectivity index (χ4n) is 4.43. The van der Waals surface area contributed by atoms with Gasteiger partial charge in [0.1, 0.15) is 23.3 Å². The summed E-state index contributed by atoms with van der Waals surface area (Å²) in [6.07, 6.45) is 3.97. The van der Waals surface area contributed by atoms with Crippen molar-refractivity contribution < 1.29 is 9.53 Å². The lowest BCUT2D eigenvalue weighted by molar-refractivity contribution is 0.0860. The van der Waals surface area contributed by atoms with Gasteiger partial charge in [0, 0.05) is 17.5 Å². The molecular formula is C23H27N3O2. The summed E-state index contributed by atoms with van der Waals surface area (Å²) in [5.41, 5.74) is 0.951. The van der Waals surface area contributed by atoms with Crippen molar-refractivity contribution in [3.63, 3.8) is 0 Å². The molecule has 1 aliphatic rings. The molecule has 3 rings (SSSR count). The summed E-state index contributed by atoms with van der Waals surface area (Å²) in [4.78, 5) is 17.0. The Bertz CT molecular complexity index is 879. The number of ketones is 1. The number of Topliss-reactive ketones (excluding diaryl/α,β-unsaturated/α-hetero) is 1. The highest BCUT2D eigenvalue weighted by molar-refractivity contribution is 5.94. The molecule has 1 saturated heterocycles. The predicted molar refractivity (Wildman–Crippen MR) is 108 cm³/mol. The summed E-state index contributed by atoms with van der Waals surface area (Å²) < 4.78 is 5.74. The van der Waals surface area contributed by atoms with E-state index in [0.717, 1.165) is 12.8 Å². The average Bonchev–Trinajstić information content (AvgIpc) is 2.60. The zero-order valence-electron chi connectivity index (χ0n) is 17.0. The number of hydrogen-bond donors (Lipinski definition) is 1. The molecule has 0 saturated carbocycles. The Morgan fingerprint density at radius 1 is 1.18 bits per heavy atom. The summed E-state index contributed by atoms with van der Waals surface area (Å²) in [5, 5.41) is 12.8. The molecule has 0 unspecified atom stereocenters. The largest absolute Gasteiger partial charge is 0.454 e. The van der Waals surface area contributed by atoms with Gasteiger partial charge >= 0.3 is 0 Å². The highest BCUT2D eigenvalue weighted by Crippen LogP contribution is 2.35. The minimum Gasteiger partial charge on any atom is -0.454 e. The molecule has 5 heteroatoms. The van der Waals surface area contributed by atoms with Crippen LogP contribution in [0.3, 0.4) is 0 Å². The van der Waals surface area contributed by atoms with Crippen molar-refractivity contribution in [3.8, 4) is 17.6 Å². The number of nitriles is 1. The lowest BCUT2D eigenvalue weighted by Crippen LogP contribution is -2.57. The van der Waals surface area contributed by atoms with Crippen LogP contribution in [0.5, 0.6) is 11.5 Å². The summed E-state index contributed by atoms with van der Waals surface area (Å²) in [7, 11) is 0. The lowest BCUT2D eigenvalue weighted by atomic mass is 9.74. The van der Waals surface area contributed by atoms with E-state index in [0.29, 0.717) is 35.1 Å². The maximum absolute atomic E-state index is 12.7. The van der Waals surface area contributed by atoms with Gasteiger partial charge in [-0.2, -0.15) is 5.26 Å². The van der Waals surface area contributed by atoms with Crippen LogP contribution in [0.1, 0.15) is 63.0 Å². The van der Waals surface area contributed by atoms with Crippen LogP contribution in [0.15, 0.2) is 42.6 Å². The molecule has 1 aromatic carbocycles. The van der Waals surface area contributed by atoms with Crippen molar-refractivity contribution in [2.24, 2.45) is 5.92 Å². The number of carbonyl (C=O) groups is 1. The molecule has 1 fully saturated rings. The van der Waals surface area contributed by atoms with E-state index >= 15 is 0 Å². The second kappa shape index (κ2) is 7.73. The second-order valence-corrected chi connectivity index (χ2v) is 8.88. The molecule has 1 aliphatic heterocycles. The number of nitrogens with one attached hydrogen (secondary N) is 1. The number of aromatic nitrogens is 1. The van der Waals surface area contributed by atoms with Crippen LogP contribution in [-0.4, -0.2) is 21.8 Å². The van der Waals surface area contributed by atoms with Crippen molar-refractivity contribution >= 4 is 5.78 Å². The Morgan fingerprint density at radius 2 is 1.86 bits per heavy atom. The summed E-state index contributed by atoms with van der Waals surface area (Å²) >= 11 is 0. The SMILES string of the molecule is CC1(C)CC(CC(=O)c2ccc(Oc3ccccc3C#N)cn2)CC(C)(C)N1. The molecule has 28 heavy (non-hydrogen) atoms. The van der Waals surface area contributed by atoms with Crippen LogP contribution in [0.4, 0.5) is 0 Å². The maximum Gasteiger partial charge on any atom is 0.181 e. The van der Waals surface area contributed by atoms with Gasteiger partial charge in [0.2, 0.25) is 0 Å². The van der Waals surface area contributed by atoms with Gasteiger partial charge in [0.05, 0.1) is 11.8 Å². The molecule has 0 spiro atoms. The van der Waals surface area contributed by atoms with E-state index in [9.17, 15) is 4.79 Å². The average molecular weight is 377 g/mol. The second-order valence-electron chi connectivity index (χ2n) is 8.88. The quantitative estimate of drug-likeness (QED) is 0.752. The van der Waals surface area contributed by atoms with E-state index in [1.807, 2.05) is 6.07 Å². The van der Waals surface area contributed by atoms with Crippen molar-refractivity contribution in [1.29, 1.82) is 5.26 Å². The van der Waals surface area contributed by atoms with Gasteiger partial charge in [-0.05, 0) is 70.7 Å². The van der Waals surface area contributed by atoms with Gasteiger partial charge in [-0.3, -0.25) is 4.79 Å². The van der Waals surface area contributed by atoms with E-state index in [1.165, 1.54) is 6.20 Å². The molecule has 0 amide bonds. The Morgan fingerprint density at radius 3 is 2.46 bits per heavy atom. The number of hydrogen-bond acceptors (Lipinski definition) is 5. The van der Waals surface area contributed by atoms with Crippen LogP contribution in [0.2, 0.25) is 0 Å².